The number of ether oxygens (including phenoxy) is 4. The second-order valence-corrected chi connectivity index (χ2v) is 34.5. The Bertz CT molecular complexity index is 2210. The number of carbonyl (C=O) groups is 3. The van der Waals surface area contributed by atoms with Crippen molar-refractivity contribution in [3.63, 3.8) is 0 Å². The van der Waals surface area contributed by atoms with Gasteiger partial charge in [-0.05, 0) is 57.3 Å². The topological polar surface area (TPSA) is 108 Å². The first-order chi connectivity index (χ1) is 29.8. The van der Waals surface area contributed by atoms with E-state index in [9.17, 15) is 19.5 Å². The Morgan fingerprint density at radius 3 is 1.39 bits per heavy atom. The SMILES string of the molecule is C.C#C[C@@]12CC[C@@H](C)[C@@](C)(C(=O)C[C@@](C)(C=C)C=O)C1C1(CC2)OCCO1.C#C[C@@]12CC[C@@H](C)[C@@](C)(C(=O)C[C@@](C)(C=C)CO)C1C1(CC2)OCCO1.S=S=S=S=S=S=S=S=S=S=S. The second kappa shape index (κ2) is 24.6. The molecular weight excluding hydrogens is 1020 g/mol. The van der Waals surface area contributed by atoms with Crippen LogP contribution in [0, 0.1) is 80.8 Å². The molecule has 4 aliphatic carbocycles. The highest BCUT2D eigenvalue weighted by Crippen LogP contribution is 2.68. The van der Waals surface area contributed by atoms with Gasteiger partial charge in [0.1, 0.15) is 17.9 Å². The quantitative estimate of drug-likeness (QED) is 0.134. The van der Waals surface area contributed by atoms with Crippen molar-refractivity contribution in [1.82, 2.24) is 0 Å². The fourth-order valence-electron chi connectivity index (χ4n) is 11.3. The summed E-state index contributed by atoms with van der Waals surface area (Å²) in [6.45, 7) is 21.6. The number of aliphatic hydroxyl groups is 1. The van der Waals surface area contributed by atoms with Crippen molar-refractivity contribution in [1.29, 1.82) is 0 Å². The van der Waals surface area contributed by atoms with Gasteiger partial charge in [0.25, 0.3) is 0 Å². The molecule has 8 nitrogen and oxygen atoms in total. The summed E-state index contributed by atoms with van der Waals surface area (Å²) < 4.78 is 24.5. The molecule has 6 aliphatic rings. The molecule has 0 amide bonds. The number of terminal acetylenes is 2. The van der Waals surface area contributed by atoms with Crippen molar-refractivity contribution >= 4 is 120 Å². The zero-order chi connectivity index (χ0) is 46.8. The highest BCUT2D eigenvalue weighted by molar-refractivity contribution is 8.74. The monoisotopic (exact) mass is 1090 g/mol. The summed E-state index contributed by atoms with van der Waals surface area (Å²) in [6.07, 6.45) is 23.3. The molecule has 10 atom stereocenters. The molecule has 0 aromatic rings. The van der Waals surface area contributed by atoms with Crippen LogP contribution in [-0.2, 0) is 136 Å². The molecule has 0 bridgehead atoms. The molecule has 360 valence electrons. The highest BCUT2D eigenvalue weighted by atomic mass is 33.4. The van der Waals surface area contributed by atoms with Gasteiger partial charge in [0.15, 0.2) is 11.6 Å². The molecule has 0 radical (unpaired) electrons. The first-order valence-electron chi connectivity index (χ1n) is 21.0. The average molecular weight is 1090 g/mol. The summed E-state index contributed by atoms with van der Waals surface area (Å²) in [5.74, 6) is 4.78. The first kappa shape index (κ1) is 58.1. The third-order valence-electron chi connectivity index (χ3n) is 15.4. The molecule has 4 saturated carbocycles. The van der Waals surface area contributed by atoms with E-state index in [0.717, 1.165) is 57.7 Å². The molecule has 1 N–H and O–H groups in total. The van der Waals surface area contributed by atoms with Crippen molar-refractivity contribution in [2.24, 2.45) is 56.2 Å². The number of hydrogen-bond acceptors (Lipinski definition) is 10. The molecule has 19 heteroatoms. The summed E-state index contributed by atoms with van der Waals surface area (Å²) in [7, 11) is 14.5. The molecule has 0 aromatic carbocycles. The minimum Gasteiger partial charge on any atom is -0.395 e. The van der Waals surface area contributed by atoms with E-state index in [-0.39, 0.29) is 72.9 Å². The molecule has 2 heterocycles. The number of aliphatic hydroxyl groups excluding tert-OH is 1. The molecule has 6 rings (SSSR count). The molecular formula is C45H66O8S11. The van der Waals surface area contributed by atoms with Crippen molar-refractivity contribution < 1.29 is 38.4 Å². The number of Topliss-reactive ketones (excluding diaryl/α,β-unsaturated/α-hetero) is 2. The number of hydrogen-bond donors (Lipinski definition) is 1. The lowest BCUT2D eigenvalue weighted by Crippen LogP contribution is -2.59. The van der Waals surface area contributed by atoms with Crippen LogP contribution in [0.25, 0.3) is 0 Å². The van der Waals surface area contributed by atoms with Gasteiger partial charge in [-0.1, -0.05) is 66.0 Å². The number of carbonyl (C=O) groups excluding carboxylic acids is 3. The van der Waals surface area contributed by atoms with Gasteiger partial charge in [-0.3, -0.25) is 9.59 Å². The minimum absolute atomic E-state index is 0. The second-order valence-electron chi connectivity index (χ2n) is 18.6. The van der Waals surface area contributed by atoms with E-state index in [0.29, 0.717) is 26.4 Å². The maximum Gasteiger partial charge on any atom is 0.173 e. The molecule has 64 heavy (non-hydrogen) atoms. The van der Waals surface area contributed by atoms with Gasteiger partial charge in [-0.15, -0.1) is 26.0 Å². The fraction of sp³-hybridized carbons (Fsp3) is 0.756. The van der Waals surface area contributed by atoms with E-state index in [1.54, 1.807) is 81.2 Å². The molecule has 2 unspecified atom stereocenters. The van der Waals surface area contributed by atoms with Crippen LogP contribution in [0.3, 0.4) is 0 Å². The Balaban J connectivity index is 0.000000274. The van der Waals surface area contributed by atoms with E-state index in [1.165, 1.54) is 17.8 Å². The summed E-state index contributed by atoms with van der Waals surface area (Å²) in [6, 6.07) is 0. The van der Waals surface area contributed by atoms with E-state index < -0.39 is 33.2 Å². The maximum absolute atomic E-state index is 13.7. The van der Waals surface area contributed by atoms with E-state index in [4.69, 9.17) is 31.8 Å². The van der Waals surface area contributed by atoms with Crippen LogP contribution in [-0.4, -0.2) is 67.6 Å². The smallest absolute Gasteiger partial charge is 0.173 e. The van der Waals surface area contributed by atoms with Crippen LogP contribution in [0.4, 0.5) is 0 Å². The number of allylic oxidation sites excluding steroid dienone is 1. The number of fused-ring (bicyclic) bond motifs is 4. The van der Waals surface area contributed by atoms with Crippen molar-refractivity contribution in [3.8, 4) is 24.7 Å². The Kier molecular flexibility index (Phi) is 22.3. The molecule has 0 aromatic heterocycles. The van der Waals surface area contributed by atoms with Gasteiger partial charge in [0.2, 0.25) is 0 Å². The van der Waals surface area contributed by atoms with Gasteiger partial charge < -0.3 is 28.8 Å². The lowest BCUT2D eigenvalue weighted by atomic mass is 9.49. The zero-order valence-corrected chi connectivity index (χ0v) is 46.0. The average Bonchev–Trinajstić information content (AvgIpc) is 4.11. The van der Waals surface area contributed by atoms with Crippen molar-refractivity contribution in [3.05, 3.63) is 25.3 Å². The summed E-state index contributed by atoms with van der Waals surface area (Å²) in [5, 5.41) is 9.77. The maximum atomic E-state index is 13.7. The van der Waals surface area contributed by atoms with Gasteiger partial charge >= 0.3 is 0 Å². The Morgan fingerprint density at radius 2 is 1.08 bits per heavy atom. The van der Waals surface area contributed by atoms with E-state index in [2.05, 4.69) is 68.1 Å². The molecule has 2 spiro atoms. The summed E-state index contributed by atoms with van der Waals surface area (Å²) in [5.41, 5.74) is -3.57. The van der Waals surface area contributed by atoms with Crippen LogP contribution >= 0.6 is 0 Å². The Labute approximate surface area is 418 Å². The first-order valence-corrected chi connectivity index (χ1v) is 34.4. The van der Waals surface area contributed by atoms with E-state index >= 15 is 0 Å². The minimum atomic E-state index is -0.862. The predicted molar refractivity (Wildman–Crippen MR) is 287 cm³/mol. The standard InChI is InChI=1S/C22H32O4.C22H30O4.CH4.S11/c2*1-6-19(4,15-23)14-17(24)20(5)16(3)8-9-21(7-2)10-11-22(18(20)21)25-12-13-26-22;;1-3-5-7-9-11-10-8-6-4-2/h2,6,16,18,23H,1,8-15H2,3-5H3;2,6,15-16,18H,1,8-14H2,3-5H3;1H4;/t2*16-,18?,19-,20+,21+;;/m11../s1. The summed E-state index contributed by atoms with van der Waals surface area (Å²) >= 11 is 9.35. The number of aldehydes is 1. The lowest BCUT2D eigenvalue weighted by molar-refractivity contribution is -0.232. The van der Waals surface area contributed by atoms with Crippen LogP contribution in [0.15, 0.2) is 25.3 Å². The van der Waals surface area contributed by atoms with Gasteiger partial charge in [-0.2, -0.15) is 0 Å². The van der Waals surface area contributed by atoms with Crippen LogP contribution in [0.5, 0.6) is 0 Å². The molecule has 6 fully saturated rings. The highest BCUT2D eigenvalue weighted by Gasteiger charge is 2.71. The zero-order valence-electron chi connectivity index (χ0n) is 37.0. The Hall–Kier alpha value is -0.170. The van der Waals surface area contributed by atoms with Gasteiger partial charge in [0.05, 0.1) is 33.0 Å². The van der Waals surface area contributed by atoms with Crippen LogP contribution in [0.1, 0.15) is 113 Å². The summed E-state index contributed by atoms with van der Waals surface area (Å²) in [4.78, 5) is 38.8. The lowest BCUT2D eigenvalue weighted by Gasteiger charge is -2.54. The van der Waals surface area contributed by atoms with Crippen molar-refractivity contribution in [2.75, 3.05) is 33.0 Å². The number of ketones is 2. The third kappa shape index (κ3) is 11.7. The van der Waals surface area contributed by atoms with Gasteiger partial charge in [-0.25, -0.2) is 0 Å². The van der Waals surface area contributed by atoms with E-state index in [1.807, 2.05) is 13.8 Å². The third-order valence-corrected chi connectivity index (χ3v) is 33.1. The predicted octanol–water partition coefficient (Wildman–Crippen LogP) is 7.49. The Morgan fingerprint density at radius 1 is 0.703 bits per heavy atom. The molecule has 2 aliphatic heterocycles. The van der Waals surface area contributed by atoms with Crippen LogP contribution < -0.4 is 0 Å². The van der Waals surface area contributed by atoms with Crippen molar-refractivity contribution in [2.45, 2.75) is 125 Å². The molecule has 2 saturated heterocycles. The number of rotatable bonds is 10. The van der Waals surface area contributed by atoms with Gasteiger partial charge in [0, 0.05) is 172 Å². The van der Waals surface area contributed by atoms with Crippen LogP contribution in [0.2, 0.25) is 0 Å². The normalized spacial score (nSPS) is 34.1. The fourth-order valence-corrected chi connectivity index (χ4v) is 30.6. The largest absolute Gasteiger partial charge is 0.395 e.